The summed E-state index contributed by atoms with van der Waals surface area (Å²) in [5, 5.41) is 2.86. The van der Waals surface area contributed by atoms with E-state index in [4.69, 9.17) is 4.74 Å². The molecule has 0 spiro atoms. The first-order valence-electron chi connectivity index (χ1n) is 9.90. The Morgan fingerprint density at radius 3 is 2.31 bits per heavy atom. The Bertz CT molecular complexity index is 765. The Morgan fingerprint density at radius 2 is 1.72 bits per heavy atom. The lowest BCUT2D eigenvalue weighted by Crippen LogP contribution is -2.49. The lowest BCUT2D eigenvalue weighted by molar-refractivity contribution is -0.139. The molecule has 0 heterocycles. The van der Waals surface area contributed by atoms with Crippen LogP contribution in [0.2, 0.25) is 0 Å². The van der Waals surface area contributed by atoms with E-state index in [0.717, 1.165) is 17.1 Å². The molecule has 1 unspecified atom stereocenters. The summed E-state index contributed by atoms with van der Waals surface area (Å²) in [6.45, 7) is 4.76. The fraction of sp³-hybridized carbons (Fsp3) is 0.391. The van der Waals surface area contributed by atoms with Crippen molar-refractivity contribution in [2.75, 3.05) is 19.4 Å². The smallest absolute Gasteiger partial charge is 0.242 e. The van der Waals surface area contributed by atoms with Crippen molar-refractivity contribution in [1.82, 2.24) is 10.2 Å². The summed E-state index contributed by atoms with van der Waals surface area (Å²) in [6, 6.07) is 17.2. The molecule has 1 N–H and O–H groups in total. The third-order valence-corrected chi connectivity index (χ3v) is 5.57. The van der Waals surface area contributed by atoms with Crippen molar-refractivity contribution in [3.05, 3.63) is 65.7 Å². The van der Waals surface area contributed by atoms with Crippen molar-refractivity contribution in [3.63, 3.8) is 0 Å². The number of hydrogen-bond acceptors (Lipinski definition) is 4. The van der Waals surface area contributed by atoms with E-state index >= 15 is 0 Å². The zero-order chi connectivity index (χ0) is 21.1. The molecular formula is C23H30N2O3S. The van der Waals surface area contributed by atoms with E-state index in [9.17, 15) is 9.59 Å². The molecular weight excluding hydrogens is 384 g/mol. The number of hydrogen-bond donors (Lipinski definition) is 1. The molecule has 2 amide bonds. The van der Waals surface area contributed by atoms with E-state index in [1.807, 2.05) is 56.3 Å². The van der Waals surface area contributed by atoms with Crippen LogP contribution in [0, 0.1) is 0 Å². The van der Waals surface area contributed by atoms with E-state index in [1.54, 1.807) is 23.8 Å². The van der Waals surface area contributed by atoms with Crippen molar-refractivity contribution in [3.8, 4) is 5.75 Å². The Morgan fingerprint density at radius 1 is 1.03 bits per heavy atom. The highest BCUT2D eigenvalue weighted by molar-refractivity contribution is 7.99. The van der Waals surface area contributed by atoms with Gasteiger partial charge in [-0.15, -0.1) is 11.8 Å². The fourth-order valence-corrected chi connectivity index (χ4v) is 3.92. The van der Waals surface area contributed by atoms with Crippen molar-refractivity contribution in [1.29, 1.82) is 0 Å². The number of carbonyl (C=O) groups excluding carboxylic acids is 2. The van der Waals surface area contributed by atoms with Crippen LogP contribution in [0.25, 0.3) is 0 Å². The topological polar surface area (TPSA) is 58.6 Å². The van der Waals surface area contributed by atoms with Gasteiger partial charge in [0.25, 0.3) is 0 Å². The van der Waals surface area contributed by atoms with E-state index < -0.39 is 6.04 Å². The molecule has 2 rings (SSSR count). The number of thioether (sulfide) groups is 1. The summed E-state index contributed by atoms with van der Waals surface area (Å²) in [5.41, 5.74) is 2.15. The number of nitrogens with one attached hydrogen (secondary N) is 1. The molecule has 0 aromatic heterocycles. The van der Waals surface area contributed by atoms with Crippen LogP contribution in [0.3, 0.4) is 0 Å². The molecule has 0 fully saturated rings. The first kappa shape index (κ1) is 22.8. The predicted octanol–water partition coefficient (Wildman–Crippen LogP) is 3.87. The summed E-state index contributed by atoms with van der Waals surface area (Å²) in [6.07, 6.45) is 0.567. The van der Waals surface area contributed by atoms with Gasteiger partial charge in [-0.05, 0) is 36.6 Å². The van der Waals surface area contributed by atoms with Gasteiger partial charge in [-0.25, -0.2) is 0 Å². The van der Waals surface area contributed by atoms with E-state index in [0.29, 0.717) is 25.3 Å². The maximum Gasteiger partial charge on any atom is 0.242 e. The molecule has 0 saturated heterocycles. The van der Waals surface area contributed by atoms with E-state index in [-0.39, 0.29) is 11.8 Å². The van der Waals surface area contributed by atoms with E-state index in [2.05, 4.69) is 17.4 Å². The Labute approximate surface area is 177 Å². The van der Waals surface area contributed by atoms with Gasteiger partial charge in [0.05, 0.1) is 12.9 Å². The highest BCUT2D eigenvalue weighted by Crippen LogP contribution is 2.19. The Kier molecular flexibility index (Phi) is 9.57. The predicted molar refractivity (Wildman–Crippen MR) is 119 cm³/mol. The number of nitrogens with zero attached hydrogens (tertiary/aromatic N) is 1. The molecule has 6 heteroatoms. The van der Waals surface area contributed by atoms with Gasteiger partial charge in [0, 0.05) is 18.8 Å². The molecule has 5 nitrogen and oxygen atoms in total. The van der Waals surface area contributed by atoms with Gasteiger partial charge < -0.3 is 15.0 Å². The SMILES string of the molecule is CCNC(=O)C(CC)N(Cc1ccc(OC)cc1)C(=O)CSCc1ccccc1. The Hall–Kier alpha value is -2.47. The lowest BCUT2D eigenvalue weighted by Gasteiger charge is -2.30. The van der Waals surface area contributed by atoms with Crippen LogP contribution < -0.4 is 10.1 Å². The van der Waals surface area contributed by atoms with E-state index in [1.165, 1.54) is 5.56 Å². The lowest BCUT2D eigenvalue weighted by atomic mass is 10.1. The molecule has 0 aliphatic rings. The summed E-state index contributed by atoms with van der Waals surface area (Å²) < 4.78 is 5.21. The second kappa shape index (κ2) is 12.2. The number of carbonyl (C=O) groups is 2. The van der Waals surface area contributed by atoms with Crippen LogP contribution in [0.1, 0.15) is 31.4 Å². The standard InChI is InChI=1S/C23H30N2O3S/c1-4-21(23(27)24-5-2)25(15-18-11-13-20(28-3)14-12-18)22(26)17-29-16-19-9-7-6-8-10-19/h6-14,21H,4-5,15-17H2,1-3H3,(H,24,27). The minimum absolute atomic E-state index is 0.0279. The van der Waals surface area contributed by atoms with Crippen molar-refractivity contribution >= 4 is 23.6 Å². The number of rotatable bonds is 11. The normalized spacial score (nSPS) is 11.6. The van der Waals surface area contributed by atoms with Gasteiger partial charge in [0.15, 0.2) is 0 Å². The molecule has 1 atom stereocenters. The molecule has 0 aliphatic heterocycles. The van der Waals surface area contributed by atoms with Gasteiger partial charge >= 0.3 is 0 Å². The number of amides is 2. The van der Waals surface area contributed by atoms with Crippen LogP contribution in [0.5, 0.6) is 5.75 Å². The number of likely N-dealkylation sites (N-methyl/N-ethyl adjacent to an activating group) is 1. The average Bonchev–Trinajstić information content (AvgIpc) is 2.75. The van der Waals surface area contributed by atoms with Gasteiger partial charge in [-0.3, -0.25) is 9.59 Å². The molecule has 29 heavy (non-hydrogen) atoms. The maximum absolute atomic E-state index is 13.1. The molecule has 0 radical (unpaired) electrons. The Balaban J connectivity index is 2.10. The monoisotopic (exact) mass is 414 g/mol. The number of benzene rings is 2. The zero-order valence-electron chi connectivity index (χ0n) is 17.4. The molecule has 0 bridgehead atoms. The van der Waals surface area contributed by atoms with Gasteiger partial charge in [0.1, 0.15) is 11.8 Å². The molecule has 0 aliphatic carbocycles. The molecule has 156 valence electrons. The average molecular weight is 415 g/mol. The quantitative estimate of drug-likeness (QED) is 0.606. The van der Waals surface area contributed by atoms with Gasteiger partial charge in [-0.1, -0.05) is 49.4 Å². The van der Waals surface area contributed by atoms with Crippen LogP contribution >= 0.6 is 11.8 Å². The minimum atomic E-state index is -0.484. The molecule has 2 aromatic rings. The van der Waals surface area contributed by atoms with Gasteiger partial charge in [-0.2, -0.15) is 0 Å². The van der Waals surface area contributed by atoms with Gasteiger partial charge in [0.2, 0.25) is 11.8 Å². The molecule has 0 saturated carbocycles. The number of methoxy groups -OCH3 is 1. The summed E-state index contributed by atoms with van der Waals surface area (Å²) in [4.78, 5) is 27.3. The van der Waals surface area contributed by atoms with Crippen molar-refractivity contribution in [2.24, 2.45) is 0 Å². The highest BCUT2D eigenvalue weighted by Gasteiger charge is 2.28. The first-order chi connectivity index (χ1) is 14.1. The third kappa shape index (κ3) is 7.13. The van der Waals surface area contributed by atoms with Crippen LogP contribution in [-0.2, 0) is 21.9 Å². The number of ether oxygens (including phenoxy) is 1. The summed E-state index contributed by atoms with van der Waals surface area (Å²) >= 11 is 1.57. The van der Waals surface area contributed by atoms with Crippen LogP contribution in [0.4, 0.5) is 0 Å². The van der Waals surface area contributed by atoms with Crippen molar-refractivity contribution < 1.29 is 14.3 Å². The second-order valence-electron chi connectivity index (χ2n) is 6.67. The molecule has 2 aromatic carbocycles. The van der Waals surface area contributed by atoms with Crippen molar-refractivity contribution in [2.45, 2.75) is 38.6 Å². The first-order valence-corrected chi connectivity index (χ1v) is 11.1. The van der Waals surface area contributed by atoms with Crippen LogP contribution in [-0.4, -0.2) is 42.2 Å². The fourth-order valence-electron chi connectivity index (χ4n) is 3.05. The minimum Gasteiger partial charge on any atom is -0.497 e. The maximum atomic E-state index is 13.1. The summed E-state index contributed by atoms with van der Waals surface area (Å²) in [5.74, 6) is 1.73. The highest BCUT2D eigenvalue weighted by atomic mass is 32.2. The zero-order valence-corrected chi connectivity index (χ0v) is 18.2. The largest absolute Gasteiger partial charge is 0.497 e. The summed E-state index contributed by atoms with van der Waals surface area (Å²) in [7, 11) is 1.62. The van der Waals surface area contributed by atoms with Crippen LogP contribution in [0.15, 0.2) is 54.6 Å². The second-order valence-corrected chi connectivity index (χ2v) is 7.65. The third-order valence-electron chi connectivity index (χ3n) is 4.59.